The predicted octanol–water partition coefficient (Wildman–Crippen LogP) is 3.84. The molecule has 0 radical (unpaired) electrons. The van der Waals surface area contributed by atoms with Gasteiger partial charge in [0.1, 0.15) is 0 Å². The van der Waals surface area contributed by atoms with Gasteiger partial charge in [-0.25, -0.2) is 4.79 Å². The highest BCUT2D eigenvalue weighted by Crippen LogP contribution is 2.20. The Bertz CT molecular complexity index is 575. The number of pyridine rings is 1. The summed E-state index contributed by atoms with van der Waals surface area (Å²) in [5.41, 5.74) is 1.25. The average molecular weight is 313 g/mol. The van der Waals surface area contributed by atoms with Crippen molar-refractivity contribution in [3.63, 3.8) is 0 Å². The normalized spacial score (nSPS) is 9.40. The van der Waals surface area contributed by atoms with Gasteiger partial charge < -0.3 is 10.0 Å². The van der Waals surface area contributed by atoms with Crippen LogP contribution in [0.25, 0.3) is 0 Å². The molecule has 4 nitrogen and oxygen atoms in total. The fraction of sp³-hybridized carbons (Fsp3) is 0.143. The molecule has 0 atom stereocenters. The minimum Gasteiger partial charge on any atom is -0.478 e. The molecule has 0 saturated heterocycles. The first-order chi connectivity index (χ1) is 9.41. The molecule has 0 aliphatic rings. The standard InChI is InChI=1S/C7H4Cl2O2.C7H10N2/c8-4-1-2-5(7(10)11)6(9)3-4;1-9(2)7-3-5-8-6-4-7/h1-3H,(H,10,11);3-6H,1-2H3. The van der Waals surface area contributed by atoms with Gasteiger partial charge in [0.05, 0.1) is 10.6 Å². The van der Waals surface area contributed by atoms with E-state index in [4.69, 9.17) is 28.3 Å². The summed E-state index contributed by atoms with van der Waals surface area (Å²) < 4.78 is 0. The highest BCUT2D eigenvalue weighted by Gasteiger charge is 2.07. The Kier molecular flexibility index (Phi) is 6.28. The molecule has 0 spiro atoms. The average Bonchev–Trinajstić information content (AvgIpc) is 2.40. The monoisotopic (exact) mass is 312 g/mol. The minimum absolute atomic E-state index is 0.0658. The maximum absolute atomic E-state index is 10.4. The molecule has 0 fully saturated rings. The van der Waals surface area contributed by atoms with Crippen molar-refractivity contribution in [2.75, 3.05) is 19.0 Å². The number of carboxylic acids is 1. The van der Waals surface area contributed by atoms with Gasteiger partial charge >= 0.3 is 5.97 Å². The van der Waals surface area contributed by atoms with E-state index in [0.29, 0.717) is 5.02 Å². The maximum atomic E-state index is 10.4. The number of halogens is 2. The Labute approximate surface area is 127 Å². The highest BCUT2D eigenvalue weighted by atomic mass is 35.5. The second-order valence-corrected chi connectivity index (χ2v) is 4.87. The number of hydrogen-bond donors (Lipinski definition) is 1. The minimum atomic E-state index is -1.05. The van der Waals surface area contributed by atoms with E-state index in [1.165, 1.54) is 23.9 Å². The van der Waals surface area contributed by atoms with Crippen LogP contribution in [0.1, 0.15) is 10.4 Å². The fourth-order valence-corrected chi connectivity index (χ4v) is 1.79. The van der Waals surface area contributed by atoms with Crippen molar-refractivity contribution in [2.45, 2.75) is 0 Å². The van der Waals surface area contributed by atoms with E-state index in [1.54, 1.807) is 12.4 Å². The van der Waals surface area contributed by atoms with E-state index in [2.05, 4.69) is 4.98 Å². The SMILES string of the molecule is CN(C)c1ccncc1.O=C(O)c1ccc(Cl)cc1Cl. The Hall–Kier alpha value is -1.78. The quantitative estimate of drug-likeness (QED) is 0.915. The van der Waals surface area contributed by atoms with Gasteiger partial charge in [-0.1, -0.05) is 23.2 Å². The van der Waals surface area contributed by atoms with Gasteiger partial charge in [0.2, 0.25) is 0 Å². The molecule has 0 saturated carbocycles. The van der Waals surface area contributed by atoms with Crippen molar-refractivity contribution in [1.82, 2.24) is 4.98 Å². The molecule has 2 rings (SSSR count). The molecule has 1 aromatic heterocycles. The molecule has 1 heterocycles. The van der Waals surface area contributed by atoms with Gasteiger partial charge in [-0.15, -0.1) is 0 Å². The van der Waals surface area contributed by atoms with E-state index in [1.807, 2.05) is 31.1 Å². The van der Waals surface area contributed by atoms with E-state index >= 15 is 0 Å². The molecule has 1 aromatic carbocycles. The number of rotatable bonds is 2. The Morgan fingerprint density at radius 2 is 1.75 bits per heavy atom. The third kappa shape index (κ3) is 5.07. The van der Waals surface area contributed by atoms with Crippen LogP contribution < -0.4 is 4.90 Å². The van der Waals surface area contributed by atoms with Gasteiger partial charge in [0.25, 0.3) is 0 Å². The largest absolute Gasteiger partial charge is 0.478 e. The van der Waals surface area contributed by atoms with Crippen molar-refractivity contribution in [1.29, 1.82) is 0 Å². The zero-order valence-corrected chi connectivity index (χ0v) is 12.6. The summed E-state index contributed by atoms with van der Waals surface area (Å²) in [5.74, 6) is -1.05. The molecule has 0 bridgehead atoms. The van der Waals surface area contributed by atoms with Crippen LogP contribution in [0.4, 0.5) is 5.69 Å². The summed E-state index contributed by atoms with van der Waals surface area (Å²) >= 11 is 11.1. The maximum Gasteiger partial charge on any atom is 0.337 e. The lowest BCUT2D eigenvalue weighted by Gasteiger charge is -2.10. The van der Waals surface area contributed by atoms with E-state index in [0.717, 1.165) is 0 Å². The zero-order chi connectivity index (χ0) is 15.1. The number of anilines is 1. The first kappa shape index (κ1) is 16.3. The molecule has 0 aliphatic carbocycles. The smallest absolute Gasteiger partial charge is 0.337 e. The molecule has 2 aromatic rings. The van der Waals surface area contributed by atoms with E-state index < -0.39 is 5.97 Å². The van der Waals surface area contributed by atoms with Crippen molar-refractivity contribution >= 4 is 34.9 Å². The van der Waals surface area contributed by atoms with Gasteiger partial charge in [0, 0.05) is 37.2 Å². The summed E-state index contributed by atoms with van der Waals surface area (Å²) in [7, 11) is 4.02. The molecule has 6 heteroatoms. The van der Waals surface area contributed by atoms with Crippen LogP contribution in [0, 0.1) is 0 Å². The number of benzene rings is 1. The Balaban J connectivity index is 0.000000204. The van der Waals surface area contributed by atoms with Crippen molar-refractivity contribution < 1.29 is 9.90 Å². The first-order valence-corrected chi connectivity index (χ1v) is 6.43. The third-order valence-electron chi connectivity index (χ3n) is 2.34. The second-order valence-electron chi connectivity index (χ2n) is 4.03. The lowest BCUT2D eigenvalue weighted by Crippen LogP contribution is -2.07. The second kappa shape index (κ2) is 7.72. The summed E-state index contributed by atoms with van der Waals surface area (Å²) in [4.78, 5) is 16.3. The number of aromatic carboxylic acids is 1. The van der Waals surface area contributed by atoms with E-state index in [9.17, 15) is 4.79 Å². The van der Waals surface area contributed by atoms with Gasteiger partial charge in [-0.05, 0) is 30.3 Å². The molecule has 106 valence electrons. The zero-order valence-electron chi connectivity index (χ0n) is 11.0. The fourth-order valence-electron chi connectivity index (χ4n) is 1.31. The summed E-state index contributed by atoms with van der Waals surface area (Å²) in [6, 6.07) is 8.19. The number of carboxylic acid groups (broad SMARTS) is 1. The molecule has 1 N–H and O–H groups in total. The van der Waals surface area contributed by atoms with Crippen LogP contribution in [0.15, 0.2) is 42.7 Å². The highest BCUT2D eigenvalue weighted by molar-refractivity contribution is 6.36. The van der Waals surface area contributed by atoms with Gasteiger partial charge in [0.15, 0.2) is 0 Å². The van der Waals surface area contributed by atoms with Crippen LogP contribution >= 0.6 is 23.2 Å². The van der Waals surface area contributed by atoms with Crippen LogP contribution in [-0.2, 0) is 0 Å². The third-order valence-corrected chi connectivity index (χ3v) is 2.89. The van der Waals surface area contributed by atoms with Crippen molar-refractivity contribution in [2.24, 2.45) is 0 Å². The molecule has 0 unspecified atom stereocenters. The van der Waals surface area contributed by atoms with Gasteiger partial charge in [-0.2, -0.15) is 0 Å². The summed E-state index contributed by atoms with van der Waals surface area (Å²) in [6.45, 7) is 0. The lowest BCUT2D eigenvalue weighted by atomic mass is 10.2. The van der Waals surface area contributed by atoms with Gasteiger partial charge in [-0.3, -0.25) is 4.98 Å². The Morgan fingerprint density at radius 3 is 2.15 bits per heavy atom. The number of hydrogen-bond acceptors (Lipinski definition) is 3. The lowest BCUT2D eigenvalue weighted by molar-refractivity contribution is 0.0697. The summed E-state index contributed by atoms with van der Waals surface area (Å²) in [5, 5.41) is 9.12. The Morgan fingerprint density at radius 1 is 1.15 bits per heavy atom. The van der Waals surface area contributed by atoms with Crippen molar-refractivity contribution in [3.05, 3.63) is 58.3 Å². The molecule has 0 aliphatic heterocycles. The van der Waals surface area contributed by atoms with Crippen LogP contribution in [0.2, 0.25) is 10.0 Å². The molecule has 0 amide bonds. The summed E-state index contributed by atoms with van der Waals surface area (Å²) in [6.07, 6.45) is 3.57. The molecule has 20 heavy (non-hydrogen) atoms. The van der Waals surface area contributed by atoms with E-state index in [-0.39, 0.29) is 10.6 Å². The van der Waals surface area contributed by atoms with Crippen LogP contribution in [0.5, 0.6) is 0 Å². The number of aromatic nitrogens is 1. The predicted molar refractivity (Wildman–Crippen MR) is 82.0 cm³/mol. The van der Waals surface area contributed by atoms with Crippen LogP contribution in [0.3, 0.4) is 0 Å². The topological polar surface area (TPSA) is 53.4 Å². The van der Waals surface area contributed by atoms with Crippen LogP contribution in [-0.4, -0.2) is 30.2 Å². The molecular formula is C14H14Cl2N2O2. The van der Waals surface area contributed by atoms with Crippen molar-refractivity contribution in [3.8, 4) is 0 Å². The molecular weight excluding hydrogens is 299 g/mol. The first-order valence-electron chi connectivity index (χ1n) is 5.67. The number of nitrogens with zero attached hydrogens (tertiary/aromatic N) is 2. The number of carbonyl (C=O) groups is 1.